The molecular formula is C16H22ClNO2. The van der Waals surface area contributed by atoms with E-state index in [0.717, 1.165) is 31.4 Å². The predicted octanol–water partition coefficient (Wildman–Crippen LogP) is 4.12. The molecule has 2 atom stereocenters. The Hall–Kier alpha value is -1.06. The highest BCUT2D eigenvalue weighted by molar-refractivity contribution is 6.30. The van der Waals surface area contributed by atoms with Gasteiger partial charge >= 0.3 is 5.97 Å². The van der Waals surface area contributed by atoms with Crippen LogP contribution in [0.1, 0.15) is 51.1 Å². The third-order valence-corrected chi connectivity index (χ3v) is 4.67. The molecule has 1 N–H and O–H groups in total. The van der Waals surface area contributed by atoms with Crippen molar-refractivity contribution in [2.45, 2.75) is 51.1 Å². The molecule has 4 heteroatoms. The smallest absolute Gasteiger partial charge is 0.324 e. The fourth-order valence-corrected chi connectivity index (χ4v) is 3.53. The van der Waals surface area contributed by atoms with Gasteiger partial charge in [0.15, 0.2) is 0 Å². The molecule has 1 aromatic carbocycles. The normalized spacial score (nSPS) is 24.8. The van der Waals surface area contributed by atoms with E-state index in [4.69, 9.17) is 11.6 Å². The van der Waals surface area contributed by atoms with E-state index in [1.165, 1.54) is 0 Å². The molecular weight excluding hydrogens is 274 g/mol. The first-order valence-electron chi connectivity index (χ1n) is 7.27. The molecule has 0 radical (unpaired) electrons. The van der Waals surface area contributed by atoms with Crippen LogP contribution in [0.3, 0.4) is 0 Å². The maximum Gasteiger partial charge on any atom is 0.324 e. The monoisotopic (exact) mass is 295 g/mol. The lowest BCUT2D eigenvalue weighted by Gasteiger charge is -2.39. The zero-order valence-corrected chi connectivity index (χ0v) is 12.9. The summed E-state index contributed by atoms with van der Waals surface area (Å²) in [6.07, 6.45) is 3.29. The number of carboxylic acid groups (broad SMARTS) is 1. The summed E-state index contributed by atoms with van der Waals surface area (Å²) in [6.45, 7) is 4.98. The number of benzene rings is 1. The van der Waals surface area contributed by atoms with Crippen molar-refractivity contribution in [3.05, 3.63) is 34.9 Å². The SMILES string of the molecule is CCCC1(C(=O)O)CCCN1C(C)c1ccc(Cl)cc1. The number of hydrogen-bond donors (Lipinski definition) is 1. The molecule has 2 rings (SSSR count). The Morgan fingerprint density at radius 3 is 2.65 bits per heavy atom. The zero-order valence-electron chi connectivity index (χ0n) is 12.1. The second kappa shape index (κ2) is 6.15. The van der Waals surface area contributed by atoms with Crippen molar-refractivity contribution in [2.75, 3.05) is 6.54 Å². The minimum atomic E-state index is -0.701. The molecule has 110 valence electrons. The van der Waals surface area contributed by atoms with Gasteiger partial charge in [-0.15, -0.1) is 0 Å². The lowest BCUT2D eigenvalue weighted by atomic mass is 9.89. The number of carboxylic acids is 1. The van der Waals surface area contributed by atoms with Gasteiger partial charge in [-0.05, 0) is 50.4 Å². The average Bonchev–Trinajstić information content (AvgIpc) is 2.84. The van der Waals surface area contributed by atoms with Crippen LogP contribution in [0.2, 0.25) is 5.02 Å². The van der Waals surface area contributed by atoms with Gasteiger partial charge in [0.25, 0.3) is 0 Å². The Morgan fingerprint density at radius 2 is 2.10 bits per heavy atom. The van der Waals surface area contributed by atoms with Crippen molar-refractivity contribution in [2.24, 2.45) is 0 Å². The van der Waals surface area contributed by atoms with Crippen LogP contribution in [0.4, 0.5) is 0 Å². The molecule has 1 saturated heterocycles. The van der Waals surface area contributed by atoms with E-state index in [2.05, 4.69) is 11.8 Å². The summed E-state index contributed by atoms with van der Waals surface area (Å²) in [5.41, 5.74) is 0.423. The number of hydrogen-bond acceptors (Lipinski definition) is 2. The molecule has 20 heavy (non-hydrogen) atoms. The topological polar surface area (TPSA) is 40.5 Å². The molecule has 1 aromatic rings. The fourth-order valence-electron chi connectivity index (χ4n) is 3.40. The van der Waals surface area contributed by atoms with Crippen molar-refractivity contribution in [3.8, 4) is 0 Å². The van der Waals surface area contributed by atoms with E-state index in [1.807, 2.05) is 31.2 Å². The van der Waals surface area contributed by atoms with Crippen LogP contribution in [-0.2, 0) is 4.79 Å². The van der Waals surface area contributed by atoms with Gasteiger partial charge < -0.3 is 5.11 Å². The average molecular weight is 296 g/mol. The van der Waals surface area contributed by atoms with Crippen molar-refractivity contribution < 1.29 is 9.90 Å². The van der Waals surface area contributed by atoms with Gasteiger partial charge in [0, 0.05) is 11.1 Å². The first-order valence-corrected chi connectivity index (χ1v) is 7.64. The van der Waals surface area contributed by atoms with Gasteiger partial charge in [0.2, 0.25) is 0 Å². The quantitative estimate of drug-likeness (QED) is 0.888. The number of likely N-dealkylation sites (tertiary alicyclic amines) is 1. The van der Waals surface area contributed by atoms with Crippen LogP contribution in [0.25, 0.3) is 0 Å². The first-order chi connectivity index (χ1) is 9.51. The van der Waals surface area contributed by atoms with Gasteiger partial charge in [-0.2, -0.15) is 0 Å². The Labute approximate surface area is 125 Å². The fraction of sp³-hybridized carbons (Fsp3) is 0.562. The maximum absolute atomic E-state index is 11.9. The third kappa shape index (κ3) is 2.70. The standard InChI is InChI=1S/C16H22ClNO2/c1-3-9-16(15(19)20)10-4-11-18(16)12(2)13-5-7-14(17)8-6-13/h5-8,12H,3-4,9-11H2,1-2H3,(H,19,20). The van der Waals surface area contributed by atoms with Crippen LogP contribution >= 0.6 is 11.6 Å². The number of carbonyl (C=O) groups is 1. The summed E-state index contributed by atoms with van der Waals surface area (Å²) < 4.78 is 0. The summed E-state index contributed by atoms with van der Waals surface area (Å²) in [5, 5.41) is 10.5. The molecule has 1 heterocycles. The van der Waals surface area contributed by atoms with Crippen LogP contribution < -0.4 is 0 Å². The molecule has 0 aromatic heterocycles. The molecule has 3 nitrogen and oxygen atoms in total. The van der Waals surface area contributed by atoms with Gasteiger partial charge in [-0.3, -0.25) is 9.69 Å². The highest BCUT2D eigenvalue weighted by Crippen LogP contribution is 2.40. The van der Waals surface area contributed by atoms with Gasteiger partial charge in [-0.1, -0.05) is 37.1 Å². The molecule has 1 fully saturated rings. The summed E-state index contributed by atoms with van der Waals surface area (Å²) in [4.78, 5) is 14.0. The summed E-state index contributed by atoms with van der Waals surface area (Å²) in [5.74, 6) is -0.683. The number of halogens is 1. The van der Waals surface area contributed by atoms with Gasteiger partial charge in [-0.25, -0.2) is 0 Å². The van der Waals surface area contributed by atoms with E-state index in [0.29, 0.717) is 11.4 Å². The van der Waals surface area contributed by atoms with Gasteiger partial charge in [0.05, 0.1) is 0 Å². The second-order valence-electron chi connectivity index (χ2n) is 5.61. The van der Waals surface area contributed by atoms with E-state index >= 15 is 0 Å². The molecule has 0 saturated carbocycles. The van der Waals surface area contributed by atoms with Crippen LogP contribution in [0.5, 0.6) is 0 Å². The third-order valence-electron chi connectivity index (χ3n) is 4.42. The minimum absolute atomic E-state index is 0.0948. The summed E-state index contributed by atoms with van der Waals surface area (Å²) >= 11 is 5.92. The highest BCUT2D eigenvalue weighted by Gasteiger charge is 2.48. The Balaban J connectivity index is 2.29. The largest absolute Gasteiger partial charge is 0.480 e. The highest BCUT2D eigenvalue weighted by atomic mass is 35.5. The Kier molecular flexibility index (Phi) is 4.71. The van der Waals surface area contributed by atoms with Crippen LogP contribution in [-0.4, -0.2) is 28.1 Å². The molecule has 0 aliphatic carbocycles. The molecule has 1 aliphatic rings. The first kappa shape index (κ1) is 15.3. The van der Waals surface area contributed by atoms with Gasteiger partial charge in [0.1, 0.15) is 5.54 Å². The Morgan fingerprint density at radius 1 is 1.45 bits per heavy atom. The summed E-state index contributed by atoms with van der Waals surface area (Å²) in [7, 11) is 0. The van der Waals surface area contributed by atoms with E-state index in [1.54, 1.807) is 0 Å². The lowest BCUT2D eigenvalue weighted by Crippen LogP contribution is -2.51. The number of aliphatic carboxylic acids is 1. The number of rotatable bonds is 5. The lowest BCUT2D eigenvalue weighted by molar-refractivity contribution is -0.151. The maximum atomic E-state index is 11.9. The van der Waals surface area contributed by atoms with Crippen molar-refractivity contribution in [3.63, 3.8) is 0 Å². The Bertz CT molecular complexity index is 474. The van der Waals surface area contributed by atoms with Crippen LogP contribution in [0.15, 0.2) is 24.3 Å². The number of nitrogens with zero attached hydrogens (tertiary/aromatic N) is 1. The molecule has 2 unspecified atom stereocenters. The summed E-state index contributed by atoms with van der Waals surface area (Å²) in [6, 6.07) is 7.81. The molecule has 0 bridgehead atoms. The zero-order chi connectivity index (χ0) is 14.8. The van der Waals surface area contributed by atoms with E-state index in [9.17, 15) is 9.90 Å². The van der Waals surface area contributed by atoms with E-state index < -0.39 is 11.5 Å². The minimum Gasteiger partial charge on any atom is -0.480 e. The van der Waals surface area contributed by atoms with Crippen molar-refractivity contribution >= 4 is 17.6 Å². The van der Waals surface area contributed by atoms with Crippen molar-refractivity contribution in [1.82, 2.24) is 4.90 Å². The van der Waals surface area contributed by atoms with E-state index in [-0.39, 0.29) is 6.04 Å². The van der Waals surface area contributed by atoms with Crippen LogP contribution in [0, 0.1) is 0 Å². The molecule has 0 amide bonds. The predicted molar refractivity (Wildman–Crippen MR) is 81.1 cm³/mol. The molecule has 0 spiro atoms. The molecule has 1 aliphatic heterocycles. The second-order valence-corrected chi connectivity index (χ2v) is 6.05. The van der Waals surface area contributed by atoms with Crippen molar-refractivity contribution in [1.29, 1.82) is 0 Å².